The van der Waals surface area contributed by atoms with Crippen LogP contribution in [0.4, 0.5) is 0 Å². The number of H-pyrrole nitrogens is 1. The summed E-state index contributed by atoms with van der Waals surface area (Å²) in [6.07, 6.45) is 5.32. The van der Waals surface area contributed by atoms with Gasteiger partial charge in [-0.15, -0.1) is 0 Å². The number of ketones is 1. The van der Waals surface area contributed by atoms with E-state index in [9.17, 15) is 4.79 Å². The Labute approximate surface area is 94.5 Å². The Morgan fingerprint density at radius 1 is 1.44 bits per heavy atom. The molecule has 0 bridgehead atoms. The summed E-state index contributed by atoms with van der Waals surface area (Å²) < 4.78 is 0. The van der Waals surface area contributed by atoms with Crippen LogP contribution in [0, 0.1) is 0 Å². The number of aromatic amines is 1. The van der Waals surface area contributed by atoms with E-state index in [-0.39, 0.29) is 5.78 Å². The average Bonchev–Trinajstić information content (AvgIpc) is 2.82. The van der Waals surface area contributed by atoms with Crippen molar-refractivity contribution < 1.29 is 4.79 Å². The predicted octanol–water partition coefficient (Wildman–Crippen LogP) is 2.59. The first-order chi connectivity index (χ1) is 7.81. The van der Waals surface area contributed by atoms with Gasteiger partial charge in [-0.3, -0.25) is 4.79 Å². The number of carbonyl (C=O) groups is 1. The first-order valence-corrected chi connectivity index (χ1v) is 5.44. The maximum atomic E-state index is 12.0. The number of nitrogens with one attached hydrogen (secondary N) is 1. The van der Waals surface area contributed by atoms with Crippen molar-refractivity contribution in [3.63, 3.8) is 0 Å². The van der Waals surface area contributed by atoms with Crippen molar-refractivity contribution in [2.24, 2.45) is 0 Å². The third kappa shape index (κ3) is 2.19. The molecule has 0 fully saturated rings. The molecule has 82 valence electrons. The van der Waals surface area contributed by atoms with Crippen LogP contribution in [0.2, 0.25) is 0 Å². The Morgan fingerprint density at radius 2 is 2.31 bits per heavy atom. The molecule has 0 atom stereocenters. The Morgan fingerprint density at radius 3 is 3.00 bits per heavy atom. The molecule has 0 radical (unpaired) electrons. The standard InChI is InChI=1S/C13H14N2O/c1-2-4-10-5-3-6-11(9-10)12(16)13-14-7-8-15-13/h3,5-9H,2,4H2,1H3,(H,14,15). The number of aromatic nitrogens is 2. The number of hydrogen-bond donors (Lipinski definition) is 1. The van der Waals surface area contributed by atoms with Gasteiger partial charge < -0.3 is 4.98 Å². The molecule has 16 heavy (non-hydrogen) atoms. The molecule has 1 aromatic heterocycles. The van der Waals surface area contributed by atoms with E-state index >= 15 is 0 Å². The molecule has 0 amide bonds. The Balaban J connectivity index is 2.27. The molecule has 2 aromatic rings. The fourth-order valence-corrected chi connectivity index (χ4v) is 1.68. The Kier molecular flexibility index (Phi) is 3.15. The molecule has 0 saturated heterocycles. The third-order valence-corrected chi connectivity index (χ3v) is 2.44. The van der Waals surface area contributed by atoms with Gasteiger partial charge in [0.15, 0.2) is 5.82 Å². The monoisotopic (exact) mass is 214 g/mol. The third-order valence-electron chi connectivity index (χ3n) is 2.44. The molecule has 1 aromatic carbocycles. The zero-order valence-corrected chi connectivity index (χ0v) is 9.23. The number of rotatable bonds is 4. The highest BCUT2D eigenvalue weighted by Crippen LogP contribution is 2.10. The smallest absolute Gasteiger partial charge is 0.228 e. The zero-order valence-electron chi connectivity index (χ0n) is 9.23. The van der Waals surface area contributed by atoms with Gasteiger partial charge in [0.25, 0.3) is 0 Å². The molecule has 0 aliphatic heterocycles. The minimum absolute atomic E-state index is 0.0528. The number of nitrogens with zero attached hydrogens (tertiary/aromatic N) is 1. The first-order valence-electron chi connectivity index (χ1n) is 5.44. The van der Waals surface area contributed by atoms with Crippen LogP contribution in [0.3, 0.4) is 0 Å². The van der Waals surface area contributed by atoms with E-state index in [0.29, 0.717) is 11.4 Å². The van der Waals surface area contributed by atoms with Gasteiger partial charge >= 0.3 is 0 Å². The number of hydrogen-bond acceptors (Lipinski definition) is 2. The van der Waals surface area contributed by atoms with Gasteiger partial charge in [-0.25, -0.2) is 4.98 Å². The lowest BCUT2D eigenvalue weighted by Crippen LogP contribution is -2.04. The second-order valence-corrected chi connectivity index (χ2v) is 3.72. The maximum Gasteiger partial charge on any atom is 0.228 e. The van der Waals surface area contributed by atoms with Crippen LogP contribution in [-0.4, -0.2) is 15.8 Å². The van der Waals surface area contributed by atoms with E-state index < -0.39 is 0 Å². The van der Waals surface area contributed by atoms with Crippen molar-refractivity contribution in [1.29, 1.82) is 0 Å². The summed E-state index contributed by atoms with van der Waals surface area (Å²) in [7, 11) is 0. The molecular formula is C13H14N2O. The van der Waals surface area contributed by atoms with Gasteiger partial charge in [-0.05, 0) is 18.1 Å². The van der Waals surface area contributed by atoms with Crippen molar-refractivity contribution >= 4 is 5.78 Å². The Hall–Kier alpha value is -1.90. The molecule has 2 rings (SSSR count). The van der Waals surface area contributed by atoms with Crippen molar-refractivity contribution in [2.75, 3.05) is 0 Å². The van der Waals surface area contributed by atoms with Crippen molar-refractivity contribution in [3.8, 4) is 0 Å². The van der Waals surface area contributed by atoms with Crippen LogP contribution in [0.15, 0.2) is 36.7 Å². The summed E-state index contributed by atoms with van der Waals surface area (Å²) in [5, 5.41) is 0. The fraction of sp³-hybridized carbons (Fsp3) is 0.231. The molecule has 0 saturated carbocycles. The predicted molar refractivity (Wildman–Crippen MR) is 62.5 cm³/mol. The van der Waals surface area contributed by atoms with Crippen LogP contribution in [0.5, 0.6) is 0 Å². The van der Waals surface area contributed by atoms with Crippen LogP contribution < -0.4 is 0 Å². The molecule has 0 spiro atoms. The highest BCUT2D eigenvalue weighted by molar-refractivity contribution is 6.06. The number of carbonyl (C=O) groups excluding carboxylic acids is 1. The summed E-state index contributed by atoms with van der Waals surface area (Å²) >= 11 is 0. The average molecular weight is 214 g/mol. The largest absolute Gasteiger partial charge is 0.342 e. The van der Waals surface area contributed by atoms with Crippen LogP contribution >= 0.6 is 0 Å². The molecule has 0 aliphatic carbocycles. The van der Waals surface area contributed by atoms with Gasteiger partial charge in [0.1, 0.15) is 0 Å². The van der Waals surface area contributed by atoms with E-state index in [2.05, 4.69) is 16.9 Å². The van der Waals surface area contributed by atoms with E-state index in [0.717, 1.165) is 12.8 Å². The lowest BCUT2D eigenvalue weighted by Gasteiger charge is -2.01. The van der Waals surface area contributed by atoms with E-state index in [4.69, 9.17) is 0 Å². The van der Waals surface area contributed by atoms with Crippen molar-refractivity contribution in [1.82, 2.24) is 9.97 Å². The summed E-state index contributed by atoms with van der Waals surface area (Å²) in [6, 6.07) is 7.72. The van der Waals surface area contributed by atoms with Crippen molar-refractivity contribution in [3.05, 3.63) is 53.6 Å². The van der Waals surface area contributed by atoms with E-state index in [1.807, 2.05) is 24.3 Å². The summed E-state index contributed by atoms with van der Waals surface area (Å²) in [5.41, 5.74) is 1.89. The van der Waals surface area contributed by atoms with Crippen LogP contribution in [0.1, 0.15) is 35.1 Å². The molecule has 3 nitrogen and oxygen atoms in total. The molecule has 1 heterocycles. The lowest BCUT2D eigenvalue weighted by molar-refractivity contribution is 0.103. The second-order valence-electron chi connectivity index (χ2n) is 3.72. The summed E-state index contributed by atoms with van der Waals surface area (Å²) in [5.74, 6) is 0.344. The molecule has 3 heteroatoms. The summed E-state index contributed by atoms with van der Waals surface area (Å²) in [6.45, 7) is 2.13. The van der Waals surface area contributed by atoms with Gasteiger partial charge in [0.2, 0.25) is 5.78 Å². The highest BCUT2D eigenvalue weighted by Gasteiger charge is 2.10. The highest BCUT2D eigenvalue weighted by atomic mass is 16.1. The lowest BCUT2D eigenvalue weighted by atomic mass is 10.0. The quantitative estimate of drug-likeness (QED) is 0.795. The second kappa shape index (κ2) is 4.75. The van der Waals surface area contributed by atoms with Crippen molar-refractivity contribution in [2.45, 2.75) is 19.8 Å². The Bertz CT molecular complexity index is 474. The topological polar surface area (TPSA) is 45.8 Å². The van der Waals surface area contributed by atoms with Crippen LogP contribution in [-0.2, 0) is 6.42 Å². The first kappa shape index (κ1) is 10.6. The number of imidazole rings is 1. The SMILES string of the molecule is CCCc1cccc(C(=O)c2ncc[nH]2)c1. The zero-order chi connectivity index (χ0) is 11.4. The fourth-order valence-electron chi connectivity index (χ4n) is 1.68. The molecular weight excluding hydrogens is 200 g/mol. The van der Waals surface area contributed by atoms with Gasteiger partial charge in [0, 0.05) is 18.0 Å². The van der Waals surface area contributed by atoms with Gasteiger partial charge in [-0.1, -0.05) is 31.5 Å². The molecule has 0 unspecified atom stereocenters. The molecule has 0 aliphatic rings. The minimum atomic E-state index is -0.0528. The molecule has 1 N–H and O–H groups in total. The number of aryl methyl sites for hydroxylation is 1. The van der Waals surface area contributed by atoms with E-state index in [1.165, 1.54) is 5.56 Å². The number of benzene rings is 1. The minimum Gasteiger partial charge on any atom is -0.342 e. The van der Waals surface area contributed by atoms with Gasteiger partial charge in [0.05, 0.1) is 0 Å². The normalized spacial score (nSPS) is 10.3. The van der Waals surface area contributed by atoms with Crippen LogP contribution in [0.25, 0.3) is 0 Å². The van der Waals surface area contributed by atoms with Gasteiger partial charge in [-0.2, -0.15) is 0 Å². The maximum absolute atomic E-state index is 12.0. The van der Waals surface area contributed by atoms with E-state index in [1.54, 1.807) is 12.4 Å². The summed E-state index contributed by atoms with van der Waals surface area (Å²) in [4.78, 5) is 18.8.